The molecule has 0 radical (unpaired) electrons. The van der Waals surface area contributed by atoms with Gasteiger partial charge in [0, 0.05) is 50.5 Å². The van der Waals surface area contributed by atoms with Gasteiger partial charge >= 0.3 is 0 Å². The normalized spacial score (nSPS) is 23.1. The Bertz CT molecular complexity index is 742. The molecule has 0 spiro atoms. The number of hydrogen-bond donors (Lipinski definition) is 1. The fraction of sp³-hybridized carbons (Fsp3) is 0.737. The Kier molecular flexibility index (Phi) is 6.36. The molecule has 0 aliphatic carbocycles. The summed E-state index contributed by atoms with van der Waals surface area (Å²) in [5.74, 6) is 1.70. The summed E-state index contributed by atoms with van der Waals surface area (Å²) in [7, 11) is 1.63. The summed E-state index contributed by atoms with van der Waals surface area (Å²) < 4.78 is 16.0. The number of piperidine rings is 1. The molecule has 9 heteroatoms. The highest BCUT2D eigenvalue weighted by molar-refractivity contribution is 5.22. The van der Waals surface area contributed by atoms with Crippen LogP contribution in [-0.4, -0.2) is 76.6 Å². The van der Waals surface area contributed by atoms with Crippen molar-refractivity contribution in [2.45, 2.75) is 44.9 Å². The highest BCUT2D eigenvalue weighted by Crippen LogP contribution is 2.32. The number of morpholine rings is 1. The molecule has 154 valence electrons. The number of ether oxygens (including phenoxy) is 2. The molecular weight excluding hydrogens is 360 g/mol. The summed E-state index contributed by atoms with van der Waals surface area (Å²) in [5.41, 5.74) is 2.58. The monoisotopic (exact) mass is 390 g/mol. The Hall–Kier alpha value is -1.81. The highest BCUT2D eigenvalue weighted by atomic mass is 16.5. The van der Waals surface area contributed by atoms with Gasteiger partial charge in [0.2, 0.25) is 5.89 Å². The molecule has 0 bridgehead atoms. The summed E-state index contributed by atoms with van der Waals surface area (Å²) in [6.07, 6.45) is 4.30. The van der Waals surface area contributed by atoms with Gasteiger partial charge < -0.3 is 14.0 Å². The topological polar surface area (TPSA) is 92.5 Å². The molecule has 28 heavy (non-hydrogen) atoms. The maximum atomic E-state index is 5.47. The van der Waals surface area contributed by atoms with Gasteiger partial charge in [-0.3, -0.25) is 14.9 Å². The minimum atomic E-state index is 0.0894. The lowest BCUT2D eigenvalue weighted by atomic mass is 9.91. The van der Waals surface area contributed by atoms with E-state index < -0.39 is 0 Å². The average molecular weight is 390 g/mol. The van der Waals surface area contributed by atoms with Crippen LogP contribution in [0.2, 0.25) is 0 Å². The third-order valence-corrected chi connectivity index (χ3v) is 5.77. The van der Waals surface area contributed by atoms with Gasteiger partial charge in [0.05, 0.1) is 25.5 Å². The van der Waals surface area contributed by atoms with Crippen LogP contribution in [0.4, 0.5) is 0 Å². The number of H-pyrrole nitrogens is 1. The van der Waals surface area contributed by atoms with Crippen LogP contribution in [0.15, 0.2) is 10.7 Å². The molecule has 0 unspecified atom stereocenters. The third-order valence-electron chi connectivity index (χ3n) is 5.77. The van der Waals surface area contributed by atoms with E-state index in [1.807, 2.05) is 6.20 Å². The predicted molar refractivity (Wildman–Crippen MR) is 102 cm³/mol. The quantitative estimate of drug-likeness (QED) is 0.764. The first-order valence-corrected chi connectivity index (χ1v) is 10.1. The van der Waals surface area contributed by atoms with Gasteiger partial charge in [-0.1, -0.05) is 5.16 Å². The summed E-state index contributed by atoms with van der Waals surface area (Å²) in [6, 6.07) is 0.0894. The molecule has 9 nitrogen and oxygen atoms in total. The van der Waals surface area contributed by atoms with Crippen molar-refractivity contribution in [2.24, 2.45) is 0 Å². The maximum absolute atomic E-state index is 5.47. The Morgan fingerprint density at radius 2 is 2.18 bits per heavy atom. The van der Waals surface area contributed by atoms with Crippen molar-refractivity contribution in [1.29, 1.82) is 0 Å². The van der Waals surface area contributed by atoms with Crippen LogP contribution >= 0.6 is 0 Å². The first kappa shape index (κ1) is 19.5. The molecule has 2 aliphatic rings. The molecular formula is C19H30N6O3. The van der Waals surface area contributed by atoms with Gasteiger partial charge in [0.25, 0.3) is 0 Å². The summed E-state index contributed by atoms with van der Waals surface area (Å²) >= 11 is 0. The van der Waals surface area contributed by atoms with E-state index in [0.717, 1.165) is 52.4 Å². The molecule has 0 saturated carbocycles. The lowest BCUT2D eigenvalue weighted by Gasteiger charge is -2.35. The summed E-state index contributed by atoms with van der Waals surface area (Å²) in [5, 5.41) is 11.6. The number of hydrogen-bond acceptors (Lipinski definition) is 8. The smallest absolute Gasteiger partial charge is 0.243 e. The van der Waals surface area contributed by atoms with Crippen molar-refractivity contribution in [3.05, 3.63) is 29.2 Å². The van der Waals surface area contributed by atoms with Crippen molar-refractivity contribution in [1.82, 2.24) is 30.1 Å². The Labute approximate surface area is 165 Å². The maximum Gasteiger partial charge on any atom is 0.243 e. The van der Waals surface area contributed by atoms with Crippen molar-refractivity contribution >= 4 is 0 Å². The molecule has 2 atom stereocenters. The van der Waals surface area contributed by atoms with E-state index in [9.17, 15) is 0 Å². The molecule has 4 heterocycles. The molecule has 2 aromatic rings. The Morgan fingerprint density at radius 1 is 1.32 bits per heavy atom. The molecule has 2 fully saturated rings. The zero-order chi connectivity index (χ0) is 19.3. The SMILES string of the molecule is COCc1noc([C@@H](C)N2CCC[C@H](c3[nH]ncc3CN3CCOCC3)C2)n1. The standard InChI is InChI=1S/C19H30N6O3/c1-14(19-21-17(13-26-2)23-28-19)25-5-3-4-15(12-25)18-16(10-20-22-18)11-24-6-8-27-9-7-24/h10,14-15H,3-9,11-13H2,1-2H3,(H,20,22)/t14-,15+/m1/s1. The van der Waals surface area contributed by atoms with Crippen LogP contribution < -0.4 is 0 Å². The van der Waals surface area contributed by atoms with Gasteiger partial charge in [-0.15, -0.1) is 0 Å². The molecule has 2 aliphatic heterocycles. The first-order valence-electron chi connectivity index (χ1n) is 10.1. The van der Waals surface area contributed by atoms with Crippen molar-refractivity contribution in [3.63, 3.8) is 0 Å². The molecule has 1 N–H and O–H groups in total. The zero-order valence-electron chi connectivity index (χ0n) is 16.8. The van der Waals surface area contributed by atoms with Crippen LogP contribution in [0.5, 0.6) is 0 Å². The van der Waals surface area contributed by atoms with E-state index in [1.54, 1.807) is 7.11 Å². The molecule has 4 rings (SSSR count). The number of nitrogens with zero attached hydrogens (tertiary/aromatic N) is 5. The largest absolute Gasteiger partial charge is 0.379 e. The minimum absolute atomic E-state index is 0.0894. The number of rotatable bonds is 7. The first-order chi connectivity index (χ1) is 13.7. The van der Waals surface area contributed by atoms with Gasteiger partial charge in [-0.2, -0.15) is 10.1 Å². The van der Waals surface area contributed by atoms with E-state index in [-0.39, 0.29) is 6.04 Å². The fourth-order valence-corrected chi connectivity index (χ4v) is 4.18. The van der Waals surface area contributed by atoms with Crippen molar-refractivity contribution in [2.75, 3.05) is 46.5 Å². The average Bonchev–Trinajstić information content (AvgIpc) is 3.38. The Morgan fingerprint density at radius 3 is 3.00 bits per heavy atom. The highest BCUT2D eigenvalue weighted by Gasteiger charge is 2.30. The van der Waals surface area contributed by atoms with E-state index in [4.69, 9.17) is 14.0 Å². The van der Waals surface area contributed by atoms with Gasteiger partial charge in [0.15, 0.2) is 5.82 Å². The number of likely N-dealkylation sites (tertiary alicyclic amines) is 1. The van der Waals surface area contributed by atoms with E-state index in [0.29, 0.717) is 24.2 Å². The summed E-state index contributed by atoms with van der Waals surface area (Å²) in [6.45, 7) is 9.04. The van der Waals surface area contributed by atoms with Crippen molar-refractivity contribution in [3.8, 4) is 0 Å². The van der Waals surface area contributed by atoms with E-state index >= 15 is 0 Å². The van der Waals surface area contributed by atoms with Gasteiger partial charge in [-0.25, -0.2) is 0 Å². The molecule has 0 aromatic carbocycles. The molecule has 0 amide bonds. The zero-order valence-corrected chi connectivity index (χ0v) is 16.8. The predicted octanol–water partition coefficient (Wildman–Crippen LogP) is 1.71. The van der Waals surface area contributed by atoms with Crippen LogP contribution in [-0.2, 0) is 22.6 Å². The van der Waals surface area contributed by atoms with Crippen LogP contribution in [0.25, 0.3) is 0 Å². The van der Waals surface area contributed by atoms with E-state index in [1.165, 1.54) is 17.7 Å². The number of aromatic amines is 1. The van der Waals surface area contributed by atoms with Crippen LogP contribution in [0.3, 0.4) is 0 Å². The number of aromatic nitrogens is 4. The lowest BCUT2D eigenvalue weighted by molar-refractivity contribution is 0.0339. The fourth-order valence-electron chi connectivity index (χ4n) is 4.18. The second-order valence-corrected chi connectivity index (χ2v) is 7.69. The van der Waals surface area contributed by atoms with Gasteiger partial charge in [0.1, 0.15) is 6.61 Å². The minimum Gasteiger partial charge on any atom is -0.379 e. The molecule has 2 saturated heterocycles. The van der Waals surface area contributed by atoms with Gasteiger partial charge in [-0.05, 0) is 26.3 Å². The van der Waals surface area contributed by atoms with Crippen LogP contribution in [0, 0.1) is 0 Å². The second-order valence-electron chi connectivity index (χ2n) is 7.69. The van der Waals surface area contributed by atoms with E-state index in [2.05, 4.69) is 37.1 Å². The second kappa shape index (κ2) is 9.13. The van der Waals surface area contributed by atoms with Crippen molar-refractivity contribution < 1.29 is 14.0 Å². The third kappa shape index (κ3) is 4.43. The lowest BCUT2D eigenvalue weighted by Crippen LogP contribution is -2.38. The van der Waals surface area contributed by atoms with Crippen LogP contribution in [0.1, 0.15) is 54.7 Å². The molecule has 2 aromatic heterocycles. The number of nitrogens with one attached hydrogen (secondary N) is 1. The Balaban J connectivity index is 1.41. The number of methoxy groups -OCH3 is 1. The summed E-state index contributed by atoms with van der Waals surface area (Å²) in [4.78, 5) is 9.34.